The van der Waals surface area contributed by atoms with Crippen molar-refractivity contribution in [1.82, 2.24) is 4.98 Å². The van der Waals surface area contributed by atoms with E-state index in [4.69, 9.17) is 4.42 Å². The molecule has 1 atom stereocenters. The van der Waals surface area contributed by atoms with Crippen LogP contribution in [0.4, 0.5) is 5.13 Å². The Morgan fingerprint density at radius 1 is 1.17 bits per heavy atom. The molecule has 1 aliphatic rings. The van der Waals surface area contributed by atoms with Gasteiger partial charge in [0.05, 0.1) is 11.6 Å². The maximum atomic E-state index is 13.4. The maximum Gasteiger partial charge on any atom is 0.296 e. The van der Waals surface area contributed by atoms with Gasteiger partial charge in [-0.05, 0) is 29.8 Å². The Labute approximate surface area is 183 Å². The van der Waals surface area contributed by atoms with Crippen molar-refractivity contribution in [2.75, 3.05) is 4.90 Å². The van der Waals surface area contributed by atoms with Crippen LogP contribution in [0.5, 0.6) is 0 Å². The van der Waals surface area contributed by atoms with E-state index in [9.17, 15) is 14.7 Å². The van der Waals surface area contributed by atoms with E-state index >= 15 is 0 Å². The summed E-state index contributed by atoms with van der Waals surface area (Å²) in [5.41, 5.74) is 1.19. The van der Waals surface area contributed by atoms with Gasteiger partial charge in [-0.1, -0.05) is 46.3 Å². The number of aromatic nitrogens is 1. The summed E-state index contributed by atoms with van der Waals surface area (Å²) in [5.74, 6) is -1.75. The molecule has 5 rings (SSSR count). The van der Waals surface area contributed by atoms with Crippen LogP contribution in [0.1, 0.15) is 22.2 Å². The van der Waals surface area contributed by atoms with E-state index in [1.54, 1.807) is 29.8 Å². The van der Waals surface area contributed by atoms with Gasteiger partial charge in [-0.3, -0.25) is 14.5 Å². The summed E-state index contributed by atoms with van der Waals surface area (Å²) in [6.07, 6.45) is 1.57. The summed E-state index contributed by atoms with van der Waals surface area (Å²) in [6, 6.07) is 15.3. The number of Topliss-reactive ketones (excluding diaryl/α,β-unsaturated/α-hetero) is 1. The predicted octanol–water partition coefficient (Wildman–Crippen LogP) is 5.43. The summed E-state index contributed by atoms with van der Waals surface area (Å²) >= 11 is 4.69. The molecule has 0 aliphatic carbocycles. The fourth-order valence-corrected chi connectivity index (χ4v) is 4.67. The van der Waals surface area contributed by atoms with Crippen LogP contribution < -0.4 is 4.90 Å². The molecule has 8 heteroatoms. The number of para-hydroxylation sites is 1. The smallest absolute Gasteiger partial charge is 0.296 e. The van der Waals surface area contributed by atoms with Crippen molar-refractivity contribution in [3.05, 3.63) is 93.3 Å². The van der Waals surface area contributed by atoms with Gasteiger partial charge in [0.2, 0.25) is 5.78 Å². The lowest BCUT2D eigenvalue weighted by Gasteiger charge is -2.24. The Kier molecular flexibility index (Phi) is 4.52. The summed E-state index contributed by atoms with van der Waals surface area (Å²) in [5, 5.41) is 13.6. The number of nitrogens with zero attached hydrogens (tertiary/aromatic N) is 2. The number of aliphatic hydroxyl groups excluding tert-OH is 1. The molecule has 1 unspecified atom stereocenters. The van der Waals surface area contributed by atoms with Gasteiger partial charge in [-0.25, -0.2) is 4.98 Å². The van der Waals surface area contributed by atoms with Gasteiger partial charge in [0.15, 0.2) is 16.7 Å². The molecular weight excluding hydrogens is 468 g/mol. The fourth-order valence-electron chi connectivity index (χ4n) is 3.59. The van der Waals surface area contributed by atoms with E-state index in [0.29, 0.717) is 16.3 Å². The van der Waals surface area contributed by atoms with Crippen LogP contribution in [0.15, 0.2) is 86.4 Å². The van der Waals surface area contributed by atoms with E-state index in [-0.39, 0.29) is 11.3 Å². The van der Waals surface area contributed by atoms with Crippen LogP contribution in [0.25, 0.3) is 11.0 Å². The molecule has 2 aromatic heterocycles. The number of hydrogen-bond acceptors (Lipinski definition) is 6. The summed E-state index contributed by atoms with van der Waals surface area (Å²) in [6.45, 7) is 0. The highest BCUT2D eigenvalue weighted by Crippen LogP contribution is 2.43. The van der Waals surface area contributed by atoms with Gasteiger partial charge in [0.25, 0.3) is 5.91 Å². The van der Waals surface area contributed by atoms with Crippen molar-refractivity contribution >= 4 is 55.1 Å². The van der Waals surface area contributed by atoms with Crippen LogP contribution in [0, 0.1) is 0 Å². The van der Waals surface area contributed by atoms with Crippen molar-refractivity contribution in [2.45, 2.75) is 6.04 Å². The van der Waals surface area contributed by atoms with E-state index in [1.807, 2.05) is 36.4 Å². The Morgan fingerprint density at radius 3 is 2.73 bits per heavy atom. The summed E-state index contributed by atoms with van der Waals surface area (Å²) in [4.78, 5) is 32.0. The van der Waals surface area contributed by atoms with E-state index < -0.39 is 23.5 Å². The lowest BCUT2D eigenvalue weighted by atomic mass is 9.95. The quantitative estimate of drug-likeness (QED) is 0.393. The van der Waals surface area contributed by atoms with Gasteiger partial charge in [-0.2, -0.15) is 0 Å². The Balaban J connectivity index is 1.67. The van der Waals surface area contributed by atoms with Gasteiger partial charge in [0, 0.05) is 21.4 Å². The zero-order valence-electron chi connectivity index (χ0n) is 15.3. The molecule has 0 saturated carbocycles. The van der Waals surface area contributed by atoms with Crippen LogP contribution in [-0.2, 0) is 4.79 Å². The number of aliphatic hydroxyl groups is 1. The number of furan rings is 1. The maximum absolute atomic E-state index is 13.4. The number of anilines is 1. The molecule has 0 fully saturated rings. The number of benzene rings is 2. The molecule has 1 N–H and O–H groups in total. The molecule has 30 heavy (non-hydrogen) atoms. The number of hydrogen-bond donors (Lipinski definition) is 1. The topological polar surface area (TPSA) is 83.6 Å². The van der Waals surface area contributed by atoms with Crippen molar-refractivity contribution in [1.29, 1.82) is 0 Å². The van der Waals surface area contributed by atoms with Gasteiger partial charge >= 0.3 is 0 Å². The zero-order chi connectivity index (χ0) is 20.8. The summed E-state index contributed by atoms with van der Waals surface area (Å²) < 4.78 is 6.50. The largest absolute Gasteiger partial charge is 0.503 e. The Bertz CT molecular complexity index is 1290. The number of carbonyl (C=O) groups excluding carboxylic acids is 2. The van der Waals surface area contributed by atoms with Crippen LogP contribution in [0.3, 0.4) is 0 Å². The molecule has 0 bridgehead atoms. The third-order valence-corrected chi connectivity index (χ3v) is 6.16. The normalized spacial score (nSPS) is 16.6. The minimum atomic E-state index is -0.832. The van der Waals surface area contributed by atoms with E-state index in [2.05, 4.69) is 20.9 Å². The zero-order valence-corrected chi connectivity index (χ0v) is 17.7. The molecule has 1 aliphatic heterocycles. The lowest BCUT2D eigenvalue weighted by Crippen LogP contribution is -2.30. The molecule has 1 amide bonds. The van der Waals surface area contributed by atoms with Gasteiger partial charge < -0.3 is 9.52 Å². The van der Waals surface area contributed by atoms with Gasteiger partial charge in [0.1, 0.15) is 5.58 Å². The molecule has 148 valence electrons. The first-order chi connectivity index (χ1) is 14.5. The minimum Gasteiger partial charge on any atom is -0.503 e. The number of amides is 1. The number of thiazole rings is 1. The third kappa shape index (κ3) is 2.96. The number of ketones is 1. The van der Waals surface area contributed by atoms with Crippen molar-refractivity contribution in [3.63, 3.8) is 0 Å². The fraction of sp³-hybridized carbons (Fsp3) is 0.0455. The highest BCUT2D eigenvalue weighted by Gasteiger charge is 2.46. The number of halogens is 1. The third-order valence-electron chi connectivity index (χ3n) is 4.89. The molecular formula is C22H13BrN2O4S. The van der Waals surface area contributed by atoms with Crippen LogP contribution in [-0.4, -0.2) is 21.8 Å². The van der Waals surface area contributed by atoms with E-state index in [1.165, 1.54) is 16.2 Å². The molecule has 4 aromatic rings. The van der Waals surface area contributed by atoms with Crippen molar-refractivity contribution in [2.24, 2.45) is 0 Å². The second-order valence-electron chi connectivity index (χ2n) is 6.69. The first-order valence-corrected chi connectivity index (χ1v) is 10.7. The molecule has 0 saturated heterocycles. The molecule has 0 spiro atoms. The van der Waals surface area contributed by atoms with E-state index in [0.717, 1.165) is 9.86 Å². The first-order valence-electron chi connectivity index (χ1n) is 8.99. The average Bonchev–Trinajstić information content (AvgIpc) is 3.46. The number of carbonyl (C=O) groups is 2. The highest BCUT2D eigenvalue weighted by molar-refractivity contribution is 9.10. The molecule has 6 nitrogen and oxygen atoms in total. The monoisotopic (exact) mass is 480 g/mol. The Morgan fingerprint density at radius 2 is 2.00 bits per heavy atom. The number of fused-ring (bicyclic) bond motifs is 1. The highest BCUT2D eigenvalue weighted by atomic mass is 79.9. The van der Waals surface area contributed by atoms with Crippen molar-refractivity contribution in [3.8, 4) is 0 Å². The molecule has 0 radical (unpaired) electrons. The minimum absolute atomic E-state index is 0.0349. The van der Waals surface area contributed by atoms with Crippen molar-refractivity contribution < 1.29 is 19.1 Å². The summed E-state index contributed by atoms with van der Waals surface area (Å²) in [7, 11) is 0. The molecule has 2 aromatic carbocycles. The SMILES string of the molecule is O=C(C1=C(O)C(=O)N(c2nccs2)C1c1cccc(Br)c1)c1cc2ccccc2o1. The first kappa shape index (κ1) is 18.8. The van der Waals surface area contributed by atoms with Crippen LogP contribution >= 0.6 is 27.3 Å². The Hall–Kier alpha value is -3.23. The second-order valence-corrected chi connectivity index (χ2v) is 8.48. The average molecular weight is 481 g/mol. The second kappa shape index (κ2) is 7.23. The van der Waals surface area contributed by atoms with Gasteiger partial charge in [-0.15, -0.1) is 11.3 Å². The molecule has 3 heterocycles. The lowest BCUT2D eigenvalue weighted by molar-refractivity contribution is -0.117. The standard InChI is InChI=1S/C22H13BrN2O4S/c23-14-6-3-5-13(10-14)18-17(20(27)21(28)25(18)22-24-8-9-30-22)19(26)16-11-12-4-1-2-7-15(12)29-16/h1-11,18,27H. The number of rotatable bonds is 4. The van der Waals surface area contributed by atoms with Crippen LogP contribution in [0.2, 0.25) is 0 Å². The predicted molar refractivity (Wildman–Crippen MR) is 117 cm³/mol.